The second-order valence-electron chi connectivity index (χ2n) is 12.4. The van der Waals surface area contributed by atoms with E-state index in [4.69, 9.17) is 4.52 Å². The molecular weight excluding hydrogens is 811 g/mol. The van der Waals surface area contributed by atoms with Gasteiger partial charge in [-0.15, -0.1) is 0 Å². The van der Waals surface area contributed by atoms with Gasteiger partial charge >= 0.3 is 12.4 Å². The summed E-state index contributed by atoms with van der Waals surface area (Å²) >= 11 is 0. The average Bonchev–Trinajstić information content (AvgIpc) is 3.18. The molecule has 6 aromatic carbocycles. The van der Waals surface area contributed by atoms with Gasteiger partial charge in [-0.05, 0) is 32.7 Å². The fourth-order valence-corrected chi connectivity index (χ4v) is 10.2. The molecule has 0 spiro atoms. The van der Waals surface area contributed by atoms with E-state index in [1.807, 2.05) is 0 Å². The molecular formula is C37H15F16O2P. The van der Waals surface area contributed by atoms with Gasteiger partial charge in [0, 0.05) is 18.2 Å². The Kier molecular flexibility index (Phi) is 8.71. The number of fused-ring (bicyclic) bond motifs is 7. The van der Waals surface area contributed by atoms with Gasteiger partial charge in [0.15, 0.2) is 46.5 Å². The monoisotopic (exact) mass is 826 g/mol. The molecule has 0 unspecified atom stereocenters. The summed E-state index contributed by atoms with van der Waals surface area (Å²) < 4.78 is 267. The van der Waals surface area contributed by atoms with Gasteiger partial charge in [0.25, 0.3) is 7.37 Å². The Bertz CT molecular complexity index is 2490. The zero-order valence-corrected chi connectivity index (χ0v) is 28.1. The molecule has 2 nitrogen and oxygen atoms in total. The van der Waals surface area contributed by atoms with Gasteiger partial charge in [0.2, 0.25) is 10.8 Å². The van der Waals surface area contributed by atoms with Crippen LogP contribution >= 0.6 is 7.37 Å². The van der Waals surface area contributed by atoms with Crippen LogP contribution < -0.4 is 0 Å². The number of rotatable bonds is 3. The maximum atomic E-state index is 19.0. The Morgan fingerprint density at radius 1 is 0.482 bits per heavy atom. The van der Waals surface area contributed by atoms with Crippen molar-refractivity contribution >= 4 is 28.9 Å². The Morgan fingerprint density at radius 2 is 0.786 bits per heavy atom. The van der Waals surface area contributed by atoms with E-state index < -0.39 is 122 Å². The van der Waals surface area contributed by atoms with E-state index in [0.29, 0.717) is 12.1 Å². The first-order valence-electron chi connectivity index (χ1n) is 15.5. The molecule has 0 radical (unpaired) electrons. The zero-order chi connectivity index (χ0) is 41.2. The number of benzene rings is 6. The third-order valence-electron chi connectivity index (χ3n) is 9.65. The van der Waals surface area contributed by atoms with Crippen LogP contribution in [0.3, 0.4) is 0 Å². The van der Waals surface area contributed by atoms with Crippen LogP contribution in [-0.4, -0.2) is 7.11 Å². The molecule has 0 saturated carbocycles. The van der Waals surface area contributed by atoms with Gasteiger partial charge in [0.05, 0.1) is 11.1 Å². The molecule has 0 bridgehead atoms. The lowest BCUT2D eigenvalue weighted by atomic mass is 9.82. The molecule has 56 heavy (non-hydrogen) atoms. The highest BCUT2D eigenvalue weighted by molar-refractivity contribution is 7.61. The maximum absolute atomic E-state index is 19.0. The molecule has 0 aliphatic carbocycles. The van der Waals surface area contributed by atoms with E-state index in [1.165, 1.54) is 36.4 Å². The lowest BCUT2D eigenvalue weighted by molar-refractivity contribution is -0.144. The van der Waals surface area contributed by atoms with Crippen LogP contribution in [0.5, 0.6) is 0 Å². The molecule has 7 rings (SSSR count). The SMILES string of the molecule is COP1(=O)[C@@](F)(c2c(F)c(F)c(C(F)(F)F)c(F)c2F)c2ccc3ccccc3c2-c2c(ccc3ccccc23)[C@]1(F)c1c(F)c(F)c(C(F)(F)F)c(F)c1F. The maximum Gasteiger partial charge on any atom is 0.422 e. The predicted molar refractivity (Wildman–Crippen MR) is 168 cm³/mol. The van der Waals surface area contributed by atoms with Gasteiger partial charge in [0.1, 0.15) is 11.1 Å². The first kappa shape index (κ1) is 39.2. The molecule has 19 heteroatoms. The molecule has 0 saturated heterocycles. The highest BCUT2D eigenvalue weighted by atomic mass is 31.2. The number of alkyl halides is 8. The van der Waals surface area contributed by atoms with Crippen LogP contribution in [0, 0.1) is 46.5 Å². The Morgan fingerprint density at radius 3 is 1.07 bits per heavy atom. The van der Waals surface area contributed by atoms with Crippen molar-refractivity contribution in [3.8, 4) is 11.1 Å². The molecule has 0 N–H and O–H groups in total. The van der Waals surface area contributed by atoms with Crippen LogP contribution in [0.2, 0.25) is 0 Å². The standard InChI is InChI=1S/C37H15F16O2P/c1-55-56(54)34(46,22-26(38)30(42)24(36(48,49)50)31(43)27(22)39)18-12-10-14-6-2-4-8-16(14)20(18)21-17-9-5-3-7-15(17)11-13-19(21)35(56,47)23-28(40)32(44)25(37(51,52)53)33(45)29(23)41/h2-13H,1H3/t34-,35-/m1/s1. The average molecular weight is 826 g/mol. The van der Waals surface area contributed by atoms with Crippen molar-refractivity contribution in [3.05, 3.63) is 153 Å². The Labute approximate surface area is 302 Å². The molecule has 0 aromatic heterocycles. The smallest absolute Gasteiger partial charge is 0.327 e. The van der Waals surface area contributed by atoms with Gasteiger partial charge in [-0.2, -0.15) is 26.3 Å². The minimum Gasteiger partial charge on any atom is -0.327 e. The number of hydrogen-bond acceptors (Lipinski definition) is 2. The minimum atomic E-state index is -7.47. The lowest BCUT2D eigenvalue weighted by Gasteiger charge is -2.41. The lowest BCUT2D eigenvalue weighted by Crippen LogP contribution is -2.38. The summed E-state index contributed by atoms with van der Waals surface area (Å²) in [7, 11) is -7.44. The molecule has 1 aliphatic rings. The van der Waals surface area contributed by atoms with Crippen molar-refractivity contribution in [2.24, 2.45) is 0 Å². The van der Waals surface area contributed by atoms with E-state index >= 15 is 48.5 Å². The Balaban J connectivity index is 1.85. The minimum absolute atomic E-state index is 0.000737. The van der Waals surface area contributed by atoms with Crippen LogP contribution in [0.4, 0.5) is 70.2 Å². The molecule has 6 aromatic rings. The van der Waals surface area contributed by atoms with Crippen molar-refractivity contribution in [1.29, 1.82) is 0 Å². The molecule has 0 amide bonds. The van der Waals surface area contributed by atoms with Gasteiger partial charge < -0.3 is 4.52 Å². The van der Waals surface area contributed by atoms with Crippen molar-refractivity contribution < 1.29 is 79.3 Å². The second-order valence-corrected chi connectivity index (χ2v) is 15.1. The van der Waals surface area contributed by atoms with Crippen LogP contribution in [0.1, 0.15) is 33.4 Å². The number of hydrogen-bond donors (Lipinski definition) is 0. The van der Waals surface area contributed by atoms with E-state index in [0.717, 1.165) is 24.3 Å². The van der Waals surface area contributed by atoms with Crippen molar-refractivity contribution in [3.63, 3.8) is 0 Å². The molecule has 292 valence electrons. The van der Waals surface area contributed by atoms with Crippen molar-refractivity contribution in [2.75, 3.05) is 7.11 Å². The summed E-state index contributed by atoms with van der Waals surface area (Å²) in [5, 5.41) is -11.4. The van der Waals surface area contributed by atoms with Gasteiger partial charge in [-0.25, -0.2) is 43.9 Å². The third kappa shape index (κ3) is 4.86. The number of halogens is 16. The summed E-state index contributed by atoms with van der Waals surface area (Å²) in [6.07, 6.45) is -12.5. The fraction of sp³-hybridized carbons (Fsp3) is 0.135. The summed E-state index contributed by atoms with van der Waals surface area (Å²) in [6.45, 7) is 0. The summed E-state index contributed by atoms with van der Waals surface area (Å²) in [6, 6.07) is 12.6. The first-order valence-corrected chi connectivity index (χ1v) is 17.1. The Hall–Kier alpha value is -5.09. The van der Waals surface area contributed by atoms with Crippen molar-refractivity contribution in [1.82, 2.24) is 0 Å². The normalized spacial score (nSPS) is 19.6. The molecule has 0 fully saturated rings. The van der Waals surface area contributed by atoms with Gasteiger partial charge in [-0.3, -0.25) is 4.57 Å². The predicted octanol–water partition coefficient (Wildman–Crippen LogP) is 13.1. The van der Waals surface area contributed by atoms with Crippen molar-refractivity contribution in [2.45, 2.75) is 23.2 Å². The van der Waals surface area contributed by atoms with Crippen LogP contribution in [-0.2, 0) is 32.3 Å². The van der Waals surface area contributed by atoms with E-state index in [1.54, 1.807) is 0 Å². The topological polar surface area (TPSA) is 26.3 Å². The first-order chi connectivity index (χ1) is 26.0. The van der Waals surface area contributed by atoms with E-state index in [9.17, 15) is 26.3 Å². The van der Waals surface area contributed by atoms with E-state index in [2.05, 4.69) is 0 Å². The quantitative estimate of drug-likeness (QED) is 0.101. The fourth-order valence-electron chi connectivity index (χ4n) is 7.32. The molecule has 2 atom stereocenters. The van der Waals surface area contributed by atoms with Gasteiger partial charge in [-0.1, -0.05) is 72.8 Å². The summed E-state index contributed by atoms with van der Waals surface area (Å²) in [5.74, 6) is -26.9. The van der Waals surface area contributed by atoms with E-state index in [-0.39, 0.29) is 28.7 Å². The highest BCUT2D eigenvalue weighted by Gasteiger charge is 2.73. The largest absolute Gasteiger partial charge is 0.422 e. The second kappa shape index (κ2) is 12.5. The van der Waals surface area contributed by atoms with Crippen LogP contribution in [0.15, 0.2) is 72.8 Å². The highest BCUT2D eigenvalue weighted by Crippen LogP contribution is 2.83. The zero-order valence-electron chi connectivity index (χ0n) is 27.2. The summed E-state index contributed by atoms with van der Waals surface area (Å²) in [4.78, 5) is 0. The third-order valence-corrected chi connectivity index (χ3v) is 12.7. The summed E-state index contributed by atoms with van der Waals surface area (Å²) in [5.41, 5.74) is -17.4. The molecule has 1 heterocycles. The molecule has 1 aliphatic heterocycles. The van der Waals surface area contributed by atoms with Crippen LogP contribution in [0.25, 0.3) is 32.7 Å².